The molecule has 7 heteroatoms. The Kier molecular flexibility index (Phi) is 6.90. The molecule has 2 rings (SSSR count). The van der Waals surface area contributed by atoms with Crippen molar-refractivity contribution in [2.45, 2.75) is 13.8 Å². The van der Waals surface area contributed by atoms with E-state index in [-0.39, 0.29) is 5.91 Å². The first-order valence-electron chi connectivity index (χ1n) is 8.32. The average molecular weight is 366 g/mol. The summed E-state index contributed by atoms with van der Waals surface area (Å²) in [4.78, 5) is 15.4. The SMILES string of the molecule is CCN(CC)CCNC(=O)c1sc2cc(OC)c(OC)cc2c1OC. The number of likely N-dealkylation sites (N-methyl/N-ethyl adjacent to an activating group) is 1. The van der Waals surface area contributed by atoms with Gasteiger partial charge in [0.1, 0.15) is 10.6 Å². The number of hydrogen-bond acceptors (Lipinski definition) is 6. The van der Waals surface area contributed by atoms with Gasteiger partial charge in [0.25, 0.3) is 5.91 Å². The molecular formula is C18H26N2O4S. The van der Waals surface area contributed by atoms with Gasteiger partial charge in [0.2, 0.25) is 0 Å². The fourth-order valence-corrected chi connectivity index (χ4v) is 3.80. The number of thiophene rings is 1. The lowest BCUT2D eigenvalue weighted by molar-refractivity contribution is 0.0950. The van der Waals surface area contributed by atoms with Gasteiger partial charge >= 0.3 is 0 Å². The lowest BCUT2D eigenvalue weighted by Gasteiger charge is -2.17. The van der Waals surface area contributed by atoms with Gasteiger partial charge in [-0.25, -0.2) is 0 Å². The van der Waals surface area contributed by atoms with E-state index in [1.807, 2.05) is 12.1 Å². The van der Waals surface area contributed by atoms with Gasteiger partial charge in [0.05, 0.1) is 21.3 Å². The van der Waals surface area contributed by atoms with Crippen LogP contribution in [0.4, 0.5) is 0 Å². The first-order valence-corrected chi connectivity index (χ1v) is 9.14. The number of nitrogens with zero attached hydrogens (tertiary/aromatic N) is 1. The Labute approximate surface area is 152 Å². The third-order valence-electron chi connectivity index (χ3n) is 4.17. The monoisotopic (exact) mass is 366 g/mol. The van der Waals surface area contributed by atoms with Crippen molar-refractivity contribution in [1.82, 2.24) is 10.2 Å². The van der Waals surface area contributed by atoms with Crippen LogP contribution in [0.3, 0.4) is 0 Å². The summed E-state index contributed by atoms with van der Waals surface area (Å²) in [5.41, 5.74) is 0. The molecule has 1 N–H and O–H groups in total. The van der Waals surface area contributed by atoms with Gasteiger partial charge < -0.3 is 24.4 Å². The summed E-state index contributed by atoms with van der Waals surface area (Å²) in [6.45, 7) is 7.59. The third kappa shape index (κ3) is 4.16. The van der Waals surface area contributed by atoms with E-state index in [2.05, 4.69) is 24.1 Å². The summed E-state index contributed by atoms with van der Waals surface area (Å²) < 4.78 is 17.1. The molecule has 0 fully saturated rings. The molecule has 2 aromatic rings. The average Bonchev–Trinajstić information content (AvgIpc) is 3.01. The van der Waals surface area contributed by atoms with Gasteiger partial charge in [-0.2, -0.15) is 0 Å². The van der Waals surface area contributed by atoms with Gasteiger partial charge in [-0.1, -0.05) is 13.8 Å². The highest BCUT2D eigenvalue weighted by atomic mass is 32.1. The molecule has 1 heterocycles. The Morgan fingerprint density at radius 1 is 1.08 bits per heavy atom. The van der Waals surface area contributed by atoms with Crippen molar-refractivity contribution >= 4 is 27.3 Å². The smallest absolute Gasteiger partial charge is 0.265 e. The maximum absolute atomic E-state index is 12.6. The normalized spacial score (nSPS) is 11.0. The fraction of sp³-hybridized carbons (Fsp3) is 0.500. The van der Waals surface area contributed by atoms with Gasteiger partial charge in [-0.15, -0.1) is 11.3 Å². The second-order valence-corrected chi connectivity index (χ2v) is 6.50. The van der Waals surface area contributed by atoms with Crippen LogP contribution < -0.4 is 19.5 Å². The van der Waals surface area contributed by atoms with Crippen molar-refractivity contribution < 1.29 is 19.0 Å². The first-order chi connectivity index (χ1) is 12.1. The topological polar surface area (TPSA) is 60.0 Å². The second kappa shape index (κ2) is 8.92. The minimum atomic E-state index is -0.122. The van der Waals surface area contributed by atoms with Crippen LogP contribution in [0.1, 0.15) is 23.5 Å². The van der Waals surface area contributed by atoms with Crippen LogP contribution in [-0.4, -0.2) is 58.3 Å². The summed E-state index contributed by atoms with van der Waals surface area (Å²) in [5.74, 6) is 1.69. The molecule has 0 aliphatic rings. The maximum Gasteiger partial charge on any atom is 0.265 e. The zero-order valence-electron chi connectivity index (χ0n) is 15.5. The minimum absolute atomic E-state index is 0.122. The Hall–Kier alpha value is -1.99. The summed E-state index contributed by atoms with van der Waals surface area (Å²) in [6.07, 6.45) is 0. The summed E-state index contributed by atoms with van der Waals surface area (Å²) in [5, 5.41) is 3.82. The number of fused-ring (bicyclic) bond motifs is 1. The largest absolute Gasteiger partial charge is 0.494 e. The lowest BCUT2D eigenvalue weighted by atomic mass is 10.2. The Bertz CT molecular complexity index is 725. The van der Waals surface area contributed by atoms with Crippen molar-refractivity contribution in [3.63, 3.8) is 0 Å². The molecule has 1 amide bonds. The third-order valence-corrected chi connectivity index (χ3v) is 5.30. The number of rotatable bonds is 9. The molecule has 1 aromatic heterocycles. The molecule has 1 aromatic carbocycles. The molecule has 0 spiro atoms. The predicted octanol–water partition coefficient (Wildman–Crippen LogP) is 3.00. The number of methoxy groups -OCH3 is 3. The number of carbonyl (C=O) groups excluding carboxylic acids is 1. The van der Waals surface area contributed by atoms with Crippen molar-refractivity contribution in [2.24, 2.45) is 0 Å². The van der Waals surface area contributed by atoms with Crippen LogP contribution in [0.5, 0.6) is 17.2 Å². The standard InChI is InChI=1S/C18H26N2O4S/c1-6-20(7-2)9-8-19-18(21)17-16(24-5)12-10-13(22-3)14(23-4)11-15(12)25-17/h10-11H,6-9H2,1-5H3,(H,19,21). The van der Waals surface area contributed by atoms with Crippen LogP contribution >= 0.6 is 11.3 Å². The Morgan fingerprint density at radius 3 is 2.28 bits per heavy atom. The predicted molar refractivity (Wildman–Crippen MR) is 102 cm³/mol. The van der Waals surface area contributed by atoms with E-state index in [9.17, 15) is 4.79 Å². The van der Waals surface area contributed by atoms with Gasteiger partial charge in [0, 0.05) is 29.2 Å². The van der Waals surface area contributed by atoms with Crippen LogP contribution in [0.25, 0.3) is 10.1 Å². The molecule has 0 atom stereocenters. The van der Waals surface area contributed by atoms with Crippen LogP contribution in [0.2, 0.25) is 0 Å². The van der Waals surface area contributed by atoms with E-state index in [0.717, 1.165) is 29.7 Å². The van der Waals surface area contributed by atoms with E-state index in [0.29, 0.717) is 28.7 Å². The first kappa shape index (κ1) is 19.3. The number of benzene rings is 1. The van der Waals surface area contributed by atoms with Crippen LogP contribution in [0, 0.1) is 0 Å². The Balaban J connectivity index is 2.26. The number of carbonyl (C=O) groups is 1. The fourth-order valence-electron chi connectivity index (χ4n) is 2.70. The summed E-state index contributed by atoms with van der Waals surface area (Å²) in [7, 11) is 4.75. The number of hydrogen-bond donors (Lipinski definition) is 1. The second-order valence-electron chi connectivity index (χ2n) is 5.45. The molecule has 0 bridgehead atoms. The molecular weight excluding hydrogens is 340 g/mol. The minimum Gasteiger partial charge on any atom is -0.494 e. The van der Waals surface area contributed by atoms with E-state index in [1.165, 1.54) is 11.3 Å². The molecule has 0 unspecified atom stereocenters. The zero-order chi connectivity index (χ0) is 18.4. The van der Waals surface area contributed by atoms with Crippen molar-refractivity contribution in [2.75, 3.05) is 47.5 Å². The van der Waals surface area contributed by atoms with Crippen molar-refractivity contribution in [3.8, 4) is 17.2 Å². The highest BCUT2D eigenvalue weighted by Gasteiger charge is 2.21. The maximum atomic E-state index is 12.6. The molecule has 138 valence electrons. The summed E-state index contributed by atoms with van der Waals surface area (Å²) >= 11 is 1.39. The molecule has 0 aliphatic heterocycles. The van der Waals surface area contributed by atoms with Crippen molar-refractivity contribution in [1.29, 1.82) is 0 Å². The molecule has 0 saturated carbocycles. The van der Waals surface area contributed by atoms with Crippen LogP contribution in [-0.2, 0) is 0 Å². The molecule has 0 aliphatic carbocycles. The van der Waals surface area contributed by atoms with Gasteiger partial charge in [-0.3, -0.25) is 4.79 Å². The van der Waals surface area contributed by atoms with Crippen molar-refractivity contribution in [3.05, 3.63) is 17.0 Å². The van der Waals surface area contributed by atoms with Gasteiger partial charge in [-0.05, 0) is 19.2 Å². The molecule has 0 radical (unpaired) electrons. The van der Waals surface area contributed by atoms with E-state index in [4.69, 9.17) is 14.2 Å². The van der Waals surface area contributed by atoms with E-state index >= 15 is 0 Å². The molecule has 6 nitrogen and oxygen atoms in total. The Morgan fingerprint density at radius 2 is 1.72 bits per heavy atom. The molecule has 0 saturated heterocycles. The number of amides is 1. The number of ether oxygens (including phenoxy) is 3. The zero-order valence-corrected chi connectivity index (χ0v) is 16.3. The highest BCUT2D eigenvalue weighted by molar-refractivity contribution is 7.21. The number of nitrogens with one attached hydrogen (secondary N) is 1. The van der Waals surface area contributed by atoms with E-state index in [1.54, 1.807) is 21.3 Å². The highest BCUT2D eigenvalue weighted by Crippen LogP contribution is 2.43. The van der Waals surface area contributed by atoms with Gasteiger partial charge in [0.15, 0.2) is 11.5 Å². The lowest BCUT2D eigenvalue weighted by Crippen LogP contribution is -2.34. The summed E-state index contributed by atoms with van der Waals surface area (Å²) in [6, 6.07) is 3.71. The van der Waals surface area contributed by atoms with E-state index < -0.39 is 0 Å². The molecule has 25 heavy (non-hydrogen) atoms. The van der Waals surface area contributed by atoms with Crippen LogP contribution in [0.15, 0.2) is 12.1 Å². The quantitative estimate of drug-likeness (QED) is 0.739.